The molecule has 0 atom stereocenters. The van der Waals surface area contributed by atoms with Crippen molar-refractivity contribution < 1.29 is 28.8 Å². The van der Waals surface area contributed by atoms with Crippen LogP contribution in [0.25, 0.3) is 0 Å². The van der Waals surface area contributed by atoms with E-state index < -0.39 is 22.1 Å². The zero-order valence-corrected chi connectivity index (χ0v) is 18.0. The molecule has 0 amide bonds. The van der Waals surface area contributed by atoms with Crippen molar-refractivity contribution in [2.45, 2.75) is 6.61 Å². The highest BCUT2D eigenvalue weighted by Crippen LogP contribution is 2.13. The van der Waals surface area contributed by atoms with Crippen LogP contribution in [0, 0.1) is 13.7 Å². The number of aromatic amines is 2. The van der Waals surface area contributed by atoms with Gasteiger partial charge in [0.1, 0.15) is 4.92 Å². The van der Waals surface area contributed by atoms with Crippen LogP contribution >= 0.6 is 22.6 Å². The number of hydrogen-bond acceptors (Lipinski definition) is 9. The van der Waals surface area contributed by atoms with Gasteiger partial charge in [-0.25, -0.2) is 9.59 Å². The molecule has 0 aliphatic heterocycles. The van der Waals surface area contributed by atoms with Gasteiger partial charge in [0.05, 0.1) is 30.9 Å². The number of nitro groups is 1. The average molecular weight is 545 g/mol. The van der Waals surface area contributed by atoms with Gasteiger partial charge in [-0.15, -0.1) is 0 Å². The number of rotatable bonds is 4. The zero-order valence-electron chi connectivity index (χ0n) is 15.9. The Morgan fingerprint density at radius 2 is 1.90 bits per heavy atom. The van der Waals surface area contributed by atoms with Crippen LogP contribution in [0.1, 0.15) is 26.5 Å². The number of aromatic nitrogens is 2. The highest BCUT2D eigenvalue weighted by molar-refractivity contribution is 14.1. The molecule has 2 heterocycles. The molecule has 13 heteroatoms. The van der Waals surface area contributed by atoms with Crippen molar-refractivity contribution in [3.05, 3.63) is 94.0 Å². The highest BCUT2D eigenvalue weighted by atomic mass is 127. The van der Waals surface area contributed by atoms with E-state index in [1.807, 2.05) is 17.1 Å². The normalized spacial score (nSPS) is 9.39. The fourth-order valence-corrected chi connectivity index (χ4v) is 2.12. The maximum atomic E-state index is 10.9. The Balaban J connectivity index is 0.000000233. The van der Waals surface area contributed by atoms with Gasteiger partial charge in [-0.2, -0.15) is 0 Å². The first kappa shape index (κ1) is 25.4. The van der Waals surface area contributed by atoms with E-state index in [1.165, 1.54) is 19.4 Å². The molecule has 3 aromatic rings. The van der Waals surface area contributed by atoms with E-state index in [2.05, 4.69) is 36.7 Å². The van der Waals surface area contributed by atoms with E-state index >= 15 is 0 Å². The summed E-state index contributed by atoms with van der Waals surface area (Å²) in [5, 5.41) is 18.4. The molecule has 31 heavy (non-hydrogen) atoms. The standard InChI is InChI=1S/C8H7IO2.C5H6N2O3.C5H3NO4/c1-11-8(10)6-2-4-7(9)5-3-6;8-2-3-1-6-5(10)7-4(3)9;7-3-4-1-2-5(10-4)6(8)9/h2-5H,1H3;1,8H,2H2,(H2,6,7,9,10);1-3H. The summed E-state index contributed by atoms with van der Waals surface area (Å²) in [5.41, 5.74) is -0.374. The van der Waals surface area contributed by atoms with Crippen LogP contribution in [0.2, 0.25) is 0 Å². The second-order valence-corrected chi connectivity index (χ2v) is 6.55. The van der Waals surface area contributed by atoms with E-state index in [0.717, 1.165) is 9.64 Å². The van der Waals surface area contributed by atoms with Crippen LogP contribution in [-0.4, -0.2) is 39.4 Å². The number of aldehydes is 1. The molecule has 0 radical (unpaired) electrons. The number of halogens is 1. The van der Waals surface area contributed by atoms with E-state index in [4.69, 9.17) is 5.11 Å². The Hall–Kier alpha value is -3.59. The minimum absolute atomic E-state index is 0.0355. The van der Waals surface area contributed by atoms with Crippen LogP contribution in [-0.2, 0) is 11.3 Å². The molecule has 0 saturated heterocycles. The molecule has 0 aliphatic rings. The summed E-state index contributed by atoms with van der Waals surface area (Å²) in [6.45, 7) is -0.369. The second-order valence-electron chi connectivity index (χ2n) is 5.30. The molecular weight excluding hydrogens is 529 g/mol. The van der Waals surface area contributed by atoms with Crippen molar-refractivity contribution in [2.75, 3.05) is 7.11 Å². The lowest BCUT2D eigenvalue weighted by molar-refractivity contribution is -0.402. The van der Waals surface area contributed by atoms with Crippen molar-refractivity contribution in [1.29, 1.82) is 0 Å². The number of H-pyrrole nitrogens is 2. The highest BCUT2D eigenvalue weighted by Gasteiger charge is 2.10. The minimum Gasteiger partial charge on any atom is -0.465 e. The number of benzene rings is 1. The van der Waals surface area contributed by atoms with Crippen LogP contribution < -0.4 is 11.2 Å². The molecule has 0 aliphatic carbocycles. The number of hydrogen-bond donors (Lipinski definition) is 3. The zero-order chi connectivity index (χ0) is 23.4. The third-order valence-electron chi connectivity index (χ3n) is 3.24. The summed E-state index contributed by atoms with van der Waals surface area (Å²) in [6, 6.07) is 9.59. The van der Waals surface area contributed by atoms with Crippen molar-refractivity contribution in [3.8, 4) is 0 Å². The Bertz CT molecular complexity index is 1130. The molecule has 0 fully saturated rings. The lowest BCUT2D eigenvalue weighted by Gasteiger charge is -1.97. The molecule has 3 rings (SSSR count). The number of aliphatic hydroxyl groups excluding tert-OH is 1. The van der Waals surface area contributed by atoms with Gasteiger partial charge in [0, 0.05) is 9.77 Å². The van der Waals surface area contributed by atoms with Gasteiger partial charge in [0.15, 0.2) is 12.0 Å². The lowest BCUT2D eigenvalue weighted by Crippen LogP contribution is -2.24. The first-order valence-corrected chi connectivity index (χ1v) is 9.24. The Labute approximate surface area is 187 Å². The van der Waals surface area contributed by atoms with Crippen molar-refractivity contribution >= 4 is 40.7 Å². The fourth-order valence-electron chi connectivity index (χ4n) is 1.76. The van der Waals surface area contributed by atoms with Gasteiger partial charge in [-0.05, 0) is 52.9 Å². The largest absolute Gasteiger partial charge is 0.465 e. The molecule has 0 spiro atoms. The number of nitrogens with zero attached hydrogens (tertiary/aromatic N) is 1. The number of ether oxygens (including phenoxy) is 1. The van der Waals surface area contributed by atoms with Crippen LogP contribution in [0.5, 0.6) is 0 Å². The van der Waals surface area contributed by atoms with Gasteiger partial charge < -0.3 is 19.2 Å². The molecule has 0 bridgehead atoms. The van der Waals surface area contributed by atoms with Crippen LogP contribution in [0.3, 0.4) is 0 Å². The summed E-state index contributed by atoms with van der Waals surface area (Å²) in [5.74, 6) is -0.741. The number of furan rings is 1. The number of aliphatic hydroxyl groups is 1. The van der Waals surface area contributed by atoms with E-state index in [1.54, 1.807) is 12.1 Å². The van der Waals surface area contributed by atoms with E-state index in [9.17, 15) is 29.3 Å². The predicted octanol–water partition coefficient (Wildman–Crippen LogP) is 1.63. The summed E-state index contributed by atoms with van der Waals surface area (Å²) in [4.78, 5) is 55.2. The van der Waals surface area contributed by atoms with Crippen LogP contribution in [0.4, 0.5) is 5.88 Å². The topological polar surface area (TPSA) is 186 Å². The summed E-state index contributed by atoms with van der Waals surface area (Å²) in [6.07, 6.45) is 1.59. The third-order valence-corrected chi connectivity index (χ3v) is 3.96. The summed E-state index contributed by atoms with van der Waals surface area (Å²) < 4.78 is 10.1. The molecule has 3 N–H and O–H groups in total. The van der Waals surface area contributed by atoms with E-state index in [-0.39, 0.29) is 23.9 Å². The molecule has 12 nitrogen and oxygen atoms in total. The van der Waals surface area contributed by atoms with Crippen molar-refractivity contribution in [1.82, 2.24) is 9.97 Å². The molecule has 1 aromatic carbocycles. The Kier molecular flexibility index (Phi) is 10.6. The minimum atomic E-state index is -0.701. The number of carbonyl (C=O) groups excluding carboxylic acids is 2. The first-order valence-electron chi connectivity index (χ1n) is 8.16. The first-order chi connectivity index (χ1) is 14.7. The van der Waals surface area contributed by atoms with Gasteiger partial charge in [0.25, 0.3) is 5.56 Å². The number of carbonyl (C=O) groups is 2. The summed E-state index contributed by atoms with van der Waals surface area (Å²) in [7, 11) is 1.38. The summed E-state index contributed by atoms with van der Waals surface area (Å²) >= 11 is 2.18. The fraction of sp³-hybridized carbons (Fsp3) is 0.111. The molecule has 164 valence electrons. The van der Waals surface area contributed by atoms with Gasteiger partial charge in [0.2, 0.25) is 0 Å². The van der Waals surface area contributed by atoms with Gasteiger partial charge in [-0.1, -0.05) is 0 Å². The number of nitrogens with one attached hydrogen (secondary N) is 2. The molecule has 0 unspecified atom stereocenters. The van der Waals surface area contributed by atoms with Crippen LogP contribution in [0.15, 0.2) is 56.6 Å². The maximum absolute atomic E-state index is 10.9. The second kappa shape index (κ2) is 12.9. The average Bonchev–Trinajstić information content (AvgIpc) is 3.25. The predicted molar refractivity (Wildman–Crippen MR) is 115 cm³/mol. The smallest absolute Gasteiger partial charge is 0.433 e. The maximum Gasteiger partial charge on any atom is 0.433 e. The van der Waals surface area contributed by atoms with Gasteiger partial charge >= 0.3 is 17.5 Å². The number of esters is 1. The molecule has 2 aromatic heterocycles. The number of methoxy groups -OCH3 is 1. The van der Waals surface area contributed by atoms with Crippen molar-refractivity contribution in [3.63, 3.8) is 0 Å². The SMILES string of the molecule is COC(=O)c1ccc(I)cc1.O=Cc1ccc([N+](=O)[O-])o1.O=c1[nH]cc(CO)c(=O)[nH]1. The molecular formula is C18H16IN3O9. The van der Waals surface area contributed by atoms with Crippen molar-refractivity contribution in [2.24, 2.45) is 0 Å². The monoisotopic (exact) mass is 545 g/mol. The molecule has 0 saturated carbocycles. The Morgan fingerprint density at radius 1 is 1.26 bits per heavy atom. The van der Waals surface area contributed by atoms with Gasteiger partial charge in [-0.3, -0.25) is 24.7 Å². The van der Waals surface area contributed by atoms with E-state index in [0.29, 0.717) is 11.8 Å². The Morgan fingerprint density at radius 3 is 2.32 bits per heavy atom. The quantitative estimate of drug-likeness (QED) is 0.144. The third kappa shape index (κ3) is 8.75. The lowest BCUT2D eigenvalue weighted by atomic mass is 10.2.